The molecule has 20 heavy (non-hydrogen) atoms. The van der Waals surface area contributed by atoms with E-state index < -0.39 is 11.5 Å². The molecule has 2 N–H and O–H groups in total. The molecule has 0 spiro atoms. The number of nitrogens with one attached hydrogen (secondary N) is 1. The summed E-state index contributed by atoms with van der Waals surface area (Å²) in [5.74, 6) is -0.700. The van der Waals surface area contributed by atoms with E-state index in [1.165, 1.54) is 0 Å². The molecule has 0 radical (unpaired) electrons. The second kappa shape index (κ2) is 8.60. The predicted molar refractivity (Wildman–Crippen MR) is 80.0 cm³/mol. The van der Waals surface area contributed by atoms with Gasteiger partial charge in [0, 0.05) is 26.3 Å². The van der Waals surface area contributed by atoms with Gasteiger partial charge in [-0.2, -0.15) is 0 Å². The first-order chi connectivity index (χ1) is 9.54. The van der Waals surface area contributed by atoms with Crippen LogP contribution >= 0.6 is 0 Å². The van der Waals surface area contributed by atoms with Gasteiger partial charge in [0.25, 0.3) is 0 Å². The fraction of sp³-hybridized carbons (Fsp3) is 0.933. The second-order valence-corrected chi connectivity index (χ2v) is 5.91. The number of aliphatic carboxylic acids is 1. The van der Waals surface area contributed by atoms with Gasteiger partial charge in [-0.05, 0) is 52.1 Å². The Hall–Kier alpha value is -0.650. The summed E-state index contributed by atoms with van der Waals surface area (Å²) in [7, 11) is 3.80. The fourth-order valence-corrected chi connectivity index (χ4v) is 2.53. The summed E-state index contributed by atoms with van der Waals surface area (Å²) in [6.45, 7) is 4.68. The lowest BCUT2D eigenvalue weighted by atomic mass is 9.90. The summed E-state index contributed by atoms with van der Waals surface area (Å²) in [4.78, 5) is 13.9. The van der Waals surface area contributed by atoms with Crippen molar-refractivity contribution >= 4 is 5.97 Å². The van der Waals surface area contributed by atoms with E-state index in [0.29, 0.717) is 18.9 Å². The van der Waals surface area contributed by atoms with E-state index in [-0.39, 0.29) is 0 Å². The van der Waals surface area contributed by atoms with Crippen molar-refractivity contribution in [1.82, 2.24) is 10.2 Å². The molecule has 5 heteroatoms. The van der Waals surface area contributed by atoms with Gasteiger partial charge >= 0.3 is 5.97 Å². The highest BCUT2D eigenvalue weighted by Gasteiger charge is 2.40. The maximum absolute atomic E-state index is 11.6. The van der Waals surface area contributed by atoms with Crippen LogP contribution in [0.5, 0.6) is 0 Å². The Balaban J connectivity index is 2.32. The number of rotatable bonds is 12. The molecule has 0 aromatic carbocycles. The van der Waals surface area contributed by atoms with E-state index in [2.05, 4.69) is 17.3 Å². The summed E-state index contributed by atoms with van der Waals surface area (Å²) >= 11 is 0. The maximum atomic E-state index is 11.6. The third-order valence-electron chi connectivity index (χ3n) is 4.10. The number of hydrogen-bond donors (Lipinski definition) is 2. The molecule has 0 aromatic heterocycles. The van der Waals surface area contributed by atoms with E-state index in [4.69, 9.17) is 4.74 Å². The Kier molecular flexibility index (Phi) is 7.48. The molecule has 0 saturated heterocycles. The first-order valence-corrected chi connectivity index (χ1v) is 7.72. The van der Waals surface area contributed by atoms with Crippen LogP contribution in [0, 0.1) is 0 Å². The predicted octanol–water partition coefficient (Wildman–Crippen LogP) is 1.72. The third kappa shape index (κ3) is 5.77. The van der Waals surface area contributed by atoms with Crippen LogP contribution in [0.2, 0.25) is 0 Å². The molecule has 1 atom stereocenters. The number of carboxylic acid groups (broad SMARTS) is 1. The van der Waals surface area contributed by atoms with E-state index in [0.717, 1.165) is 45.4 Å². The third-order valence-corrected chi connectivity index (χ3v) is 4.10. The van der Waals surface area contributed by atoms with E-state index in [9.17, 15) is 9.90 Å². The van der Waals surface area contributed by atoms with Gasteiger partial charge in [0.15, 0.2) is 0 Å². The first-order valence-electron chi connectivity index (χ1n) is 7.72. The molecule has 1 saturated carbocycles. The van der Waals surface area contributed by atoms with Gasteiger partial charge in [-0.3, -0.25) is 10.1 Å². The molecule has 1 aliphatic carbocycles. The van der Waals surface area contributed by atoms with Gasteiger partial charge in [-0.25, -0.2) is 0 Å². The molecule has 0 amide bonds. The minimum atomic E-state index is -0.728. The number of methoxy groups -OCH3 is 1. The highest BCUT2D eigenvalue weighted by molar-refractivity contribution is 5.78. The Bertz CT molecular complexity index is 295. The highest BCUT2D eigenvalue weighted by Crippen LogP contribution is 2.27. The largest absolute Gasteiger partial charge is 0.480 e. The minimum Gasteiger partial charge on any atom is -0.480 e. The number of nitrogens with zero attached hydrogens (tertiary/aromatic N) is 1. The molecule has 0 heterocycles. The van der Waals surface area contributed by atoms with Crippen LogP contribution in [0.3, 0.4) is 0 Å². The van der Waals surface area contributed by atoms with Crippen LogP contribution in [0.1, 0.15) is 45.4 Å². The molecule has 1 rings (SSSR count). The second-order valence-electron chi connectivity index (χ2n) is 5.91. The maximum Gasteiger partial charge on any atom is 0.323 e. The molecule has 0 aliphatic heterocycles. The molecule has 1 fully saturated rings. The highest BCUT2D eigenvalue weighted by atomic mass is 16.5. The van der Waals surface area contributed by atoms with Crippen LogP contribution < -0.4 is 5.32 Å². The lowest BCUT2D eigenvalue weighted by Gasteiger charge is -2.30. The van der Waals surface area contributed by atoms with Crippen LogP contribution in [-0.4, -0.2) is 61.4 Å². The molecule has 1 aliphatic rings. The van der Waals surface area contributed by atoms with Crippen LogP contribution in [-0.2, 0) is 9.53 Å². The summed E-state index contributed by atoms with van der Waals surface area (Å²) in [6.07, 6.45) is 5.50. The number of carbonyl (C=O) groups is 1. The summed E-state index contributed by atoms with van der Waals surface area (Å²) < 4.78 is 5.04. The monoisotopic (exact) mass is 286 g/mol. The zero-order valence-corrected chi connectivity index (χ0v) is 13.2. The Morgan fingerprint density at radius 3 is 2.55 bits per heavy atom. The van der Waals surface area contributed by atoms with Crippen molar-refractivity contribution in [2.45, 2.75) is 57.0 Å². The van der Waals surface area contributed by atoms with E-state index in [1.807, 2.05) is 6.92 Å². The quantitative estimate of drug-likeness (QED) is 0.535. The fourth-order valence-electron chi connectivity index (χ4n) is 2.53. The summed E-state index contributed by atoms with van der Waals surface area (Å²) in [5, 5.41) is 12.9. The van der Waals surface area contributed by atoms with E-state index in [1.54, 1.807) is 7.11 Å². The standard InChI is InChI=1S/C15H30N2O3/c1-4-15(14(18)19,16-13-7-8-13)9-5-10-17(2)11-6-12-20-3/h13,16H,4-12H2,1-3H3,(H,18,19). The smallest absolute Gasteiger partial charge is 0.323 e. The topological polar surface area (TPSA) is 61.8 Å². The molecule has 0 bridgehead atoms. The number of hydrogen-bond acceptors (Lipinski definition) is 4. The van der Waals surface area contributed by atoms with Gasteiger partial charge in [0.2, 0.25) is 0 Å². The minimum absolute atomic E-state index is 0.422. The van der Waals surface area contributed by atoms with Crippen LogP contribution in [0.15, 0.2) is 0 Å². The normalized spacial score (nSPS) is 18.2. The van der Waals surface area contributed by atoms with Crippen molar-refractivity contribution in [3.05, 3.63) is 0 Å². The Labute approximate surface area is 122 Å². The van der Waals surface area contributed by atoms with Crippen molar-refractivity contribution in [2.24, 2.45) is 0 Å². The zero-order valence-electron chi connectivity index (χ0n) is 13.2. The number of ether oxygens (including phenoxy) is 1. The molecule has 1 unspecified atom stereocenters. The average molecular weight is 286 g/mol. The van der Waals surface area contributed by atoms with Crippen molar-refractivity contribution < 1.29 is 14.6 Å². The van der Waals surface area contributed by atoms with Crippen molar-refractivity contribution in [2.75, 3.05) is 33.9 Å². The van der Waals surface area contributed by atoms with Crippen molar-refractivity contribution in [3.63, 3.8) is 0 Å². The van der Waals surface area contributed by atoms with Gasteiger partial charge in [-0.1, -0.05) is 6.92 Å². The van der Waals surface area contributed by atoms with Gasteiger partial charge in [-0.15, -0.1) is 0 Å². The molecule has 118 valence electrons. The molecular formula is C15H30N2O3. The number of carboxylic acids is 1. The Morgan fingerprint density at radius 1 is 1.40 bits per heavy atom. The van der Waals surface area contributed by atoms with Gasteiger partial charge < -0.3 is 14.7 Å². The molecule has 5 nitrogen and oxygen atoms in total. The molecular weight excluding hydrogens is 256 g/mol. The molecule has 0 aromatic rings. The lowest BCUT2D eigenvalue weighted by molar-refractivity contribution is -0.145. The van der Waals surface area contributed by atoms with Crippen LogP contribution in [0.4, 0.5) is 0 Å². The first kappa shape index (κ1) is 17.4. The van der Waals surface area contributed by atoms with Crippen LogP contribution in [0.25, 0.3) is 0 Å². The SMILES string of the molecule is CCC(CCCN(C)CCCOC)(NC1CC1)C(=O)O. The van der Waals surface area contributed by atoms with Gasteiger partial charge in [0.1, 0.15) is 5.54 Å². The Morgan fingerprint density at radius 2 is 2.05 bits per heavy atom. The van der Waals surface area contributed by atoms with Crippen molar-refractivity contribution in [1.29, 1.82) is 0 Å². The summed E-state index contributed by atoms with van der Waals surface area (Å²) in [5.41, 5.74) is -0.728. The average Bonchev–Trinajstić information content (AvgIpc) is 3.21. The zero-order chi connectivity index (χ0) is 15.0. The van der Waals surface area contributed by atoms with Gasteiger partial charge in [0.05, 0.1) is 0 Å². The lowest BCUT2D eigenvalue weighted by Crippen LogP contribution is -2.53. The van der Waals surface area contributed by atoms with Crippen molar-refractivity contribution in [3.8, 4) is 0 Å². The van der Waals surface area contributed by atoms with E-state index >= 15 is 0 Å². The summed E-state index contributed by atoms with van der Waals surface area (Å²) in [6, 6.07) is 0.422.